The standard InChI is InChI=1S/C25H23ClN4O2/c1-17-4-6-19(7-5-17)16-30-22(29-24-21(25(30)32)3-2-14-27-24)12-13-23(31)28-15-18-8-10-20(26)11-9-18/h2-11,14H,12-13,15-16H2,1H3,(H,28,31). The second-order valence-electron chi connectivity index (χ2n) is 7.68. The fourth-order valence-corrected chi connectivity index (χ4v) is 3.57. The average Bonchev–Trinajstić information content (AvgIpc) is 2.80. The first-order valence-corrected chi connectivity index (χ1v) is 10.8. The van der Waals surface area contributed by atoms with Crippen LogP contribution in [0, 0.1) is 6.92 Å². The summed E-state index contributed by atoms with van der Waals surface area (Å²) in [4.78, 5) is 34.5. The highest BCUT2D eigenvalue weighted by Gasteiger charge is 2.14. The molecule has 2 aromatic carbocycles. The van der Waals surface area contributed by atoms with E-state index >= 15 is 0 Å². The minimum Gasteiger partial charge on any atom is -0.352 e. The fourth-order valence-electron chi connectivity index (χ4n) is 3.44. The molecule has 0 bridgehead atoms. The number of benzene rings is 2. The molecule has 0 atom stereocenters. The van der Waals surface area contributed by atoms with Gasteiger partial charge in [-0.1, -0.05) is 53.6 Å². The smallest absolute Gasteiger partial charge is 0.263 e. The van der Waals surface area contributed by atoms with Gasteiger partial charge in [0.05, 0.1) is 11.9 Å². The van der Waals surface area contributed by atoms with E-state index in [-0.39, 0.29) is 17.9 Å². The quantitative estimate of drug-likeness (QED) is 0.464. The monoisotopic (exact) mass is 446 g/mol. The zero-order valence-electron chi connectivity index (χ0n) is 17.7. The molecule has 162 valence electrons. The summed E-state index contributed by atoms with van der Waals surface area (Å²) >= 11 is 5.90. The third kappa shape index (κ3) is 5.21. The van der Waals surface area contributed by atoms with Crippen molar-refractivity contribution in [1.29, 1.82) is 0 Å². The van der Waals surface area contributed by atoms with Gasteiger partial charge in [-0.2, -0.15) is 0 Å². The van der Waals surface area contributed by atoms with Gasteiger partial charge < -0.3 is 5.32 Å². The molecule has 6 nitrogen and oxygen atoms in total. The molecule has 0 fully saturated rings. The van der Waals surface area contributed by atoms with Gasteiger partial charge in [0.15, 0.2) is 5.65 Å². The number of fused-ring (bicyclic) bond motifs is 1. The molecule has 0 aliphatic rings. The highest BCUT2D eigenvalue weighted by atomic mass is 35.5. The molecule has 0 aliphatic heterocycles. The van der Waals surface area contributed by atoms with E-state index in [2.05, 4.69) is 15.3 Å². The molecule has 0 unspecified atom stereocenters. The van der Waals surface area contributed by atoms with E-state index in [1.807, 2.05) is 43.3 Å². The predicted octanol–water partition coefficient (Wildman–Crippen LogP) is 4.05. The van der Waals surface area contributed by atoms with Gasteiger partial charge in [-0.3, -0.25) is 14.2 Å². The van der Waals surface area contributed by atoms with Crippen LogP contribution in [0.25, 0.3) is 11.0 Å². The van der Waals surface area contributed by atoms with Crippen molar-refractivity contribution >= 4 is 28.5 Å². The van der Waals surface area contributed by atoms with E-state index < -0.39 is 0 Å². The van der Waals surface area contributed by atoms with E-state index in [1.54, 1.807) is 35.0 Å². The third-order valence-electron chi connectivity index (χ3n) is 5.25. The molecule has 0 saturated heterocycles. The van der Waals surface area contributed by atoms with E-state index in [9.17, 15) is 9.59 Å². The lowest BCUT2D eigenvalue weighted by molar-refractivity contribution is -0.121. The van der Waals surface area contributed by atoms with Gasteiger partial charge in [-0.15, -0.1) is 0 Å². The van der Waals surface area contributed by atoms with Crippen LogP contribution in [0.2, 0.25) is 5.02 Å². The molecule has 1 amide bonds. The summed E-state index contributed by atoms with van der Waals surface area (Å²) in [5, 5.41) is 4.03. The number of halogens is 1. The van der Waals surface area contributed by atoms with Crippen LogP contribution in [-0.2, 0) is 24.3 Å². The summed E-state index contributed by atoms with van der Waals surface area (Å²) in [5.74, 6) is 0.431. The van der Waals surface area contributed by atoms with Crippen LogP contribution in [0.15, 0.2) is 71.7 Å². The van der Waals surface area contributed by atoms with Gasteiger partial charge in [0, 0.05) is 30.6 Å². The largest absolute Gasteiger partial charge is 0.352 e. The Balaban J connectivity index is 1.53. The first-order chi connectivity index (χ1) is 15.5. The maximum absolute atomic E-state index is 13.2. The Labute approximate surface area is 190 Å². The Kier molecular flexibility index (Phi) is 6.61. The molecule has 4 aromatic rings. The Morgan fingerprint density at radius 1 is 1.03 bits per heavy atom. The normalized spacial score (nSPS) is 10.9. The summed E-state index contributed by atoms with van der Waals surface area (Å²) in [7, 11) is 0. The van der Waals surface area contributed by atoms with Crippen LogP contribution >= 0.6 is 11.6 Å². The van der Waals surface area contributed by atoms with E-state index in [0.29, 0.717) is 41.4 Å². The Bertz CT molecular complexity index is 1300. The minimum atomic E-state index is -0.153. The first kappa shape index (κ1) is 21.7. The van der Waals surface area contributed by atoms with Crippen LogP contribution in [0.1, 0.15) is 28.9 Å². The molecule has 0 spiro atoms. The zero-order valence-corrected chi connectivity index (χ0v) is 18.5. The predicted molar refractivity (Wildman–Crippen MR) is 126 cm³/mol. The highest BCUT2D eigenvalue weighted by Crippen LogP contribution is 2.12. The van der Waals surface area contributed by atoms with E-state index in [4.69, 9.17) is 11.6 Å². The summed E-state index contributed by atoms with van der Waals surface area (Å²) < 4.78 is 1.64. The van der Waals surface area contributed by atoms with Crippen LogP contribution in [0.4, 0.5) is 0 Å². The molecule has 32 heavy (non-hydrogen) atoms. The molecular weight excluding hydrogens is 424 g/mol. The van der Waals surface area contributed by atoms with Crippen molar-refractivity contribution in [3.63, 3.8) is 0 Å². The highest BCUT2D eigenvalue weighted by molar-refractivity contribution is 6.30. The topological polar surface area (TPSA) is 76.9 Å². The number of rotatable bonds is 7. The Morgan fingerprint density at radius 2 is 1.75 bits per heavy atom. The van der Waals surface area contributed by atoms with Crippen molar-refractivity contribution in [2.45, 2.75) is 32.9 Å². The zero-order chi connectivity index (χ0) is 22.5. The molecule has 2 aromatic heterocycles. The van der Waals surface area contributed by atoms with Gasteiger partial charge in [0.1, 0.15) is 5.82 Å². The fraction of sp³-hybridized carbons (Fsp3) is 0.200. The average molecular weight is 447 g/mol. The number of carbonyl (C=O) groups excluding carboxylic acids is 1. The first-order valence-electron chi connectivity index (χ1n) is 10.4. The van der Waals surface area contributed by atoms with Crippen molar-refractivity contribution in [2.75, 3.05) is 0 Å². The molecule has 4 rings (SSSR count). The molecule has 0 aliphatic carbocycles. The van der Waals surface area contributed by atoms with Crippen molar-refractivity contribution in [2.24, 2.45) is 0 Å². The minimum absolute atomic E-state index is 0.114. The van der Waals surface area contributed by atoms with Crippen molar-refractivity contribution in [3.8, 4) is 0 Å². The molecule has 1 N–H and O–H groups in total. The molecular formula is C25H23ClN4O2. The maximum Gasteiger partial charge on any atom is 0.263 e. The summed E-state index contributed by atoms with van der Waals surface area (Å²) in [6.07, 6.45) is 2.16. The van der Waals surface area contributed by atoms with Gasteiger partial charge >= 0.3 is 0 Å². The van der Waals surface area contributed by atoms with Crippen LogP contribution < -0.4 is 10.9 Å². The van der Waals surface area contributed by atoms with Crippen molar-refractivity contribution in [3.05, 3.63) is 105 Å². The summed E-state index contributed by atoms with van der Waals surface area (Å²) in [6.45, 7) is 2.82. The Morgan fingerprint density at radius 3 is 2.50 bits per heavy atom. The lowest BCUT2D eigenvalue weighted by Gasteiger charge is -2.14. The molecule has 0 saturated carbocycles. The maximum atomic E-state index is 13.2. The molecule has 0 radical (unpaired) electrons. The number of pyridine rings is 1. The van der Waals surface area contributed by atoms with Gasteiger partial charge in [-0.05, 0) is 42.3 Å². The number of aryl methyl sites for hydroxylation is 2. The number of aromatic nitrogens is 3. The number of nitrogens with one attached hydrogen (secondary N) is 1. The SMILES string of the molecule is Cc1ccc(Cn2c(CCC(=O)NCc3ccc(Cl)cc3)nc3ncccc3c2=O)cc1. The number of amides is 1. The number of nitrogens with zero attached hydrogens (tertiary/aromatic N) is 3. The van der Waals surface area contributed by atoms with Gasteiger partial charge in [0.25, 0.3) is 5.56 Å². The number of hydrogen-bond donors (Lipinski definition) is 1. The Hall–Kier alpha value is -3.51. The van der Waals surface area contributed by atoms with Crippen molar-refractivity contribution in [1.82, 2.24) is 19.9 Å². The molecule has 2 heterocycles. The lowest BCUT2D eigenvalue weighted by atomic mass is 10.1. The van der Waals surface area contributed by atoms with E-state index in [1.165, 1.54) is 0 Å². The van der Waals surface area contributed by atoms with Gasteiger partial charge in [0.2, 0.25) is 5.91 Å². The van der Waals surface area contributed by atoms with Crippen LogP contribution in [0.5, 0.6) is 0 Å². The summed E-state index contributed by atoms with van der Waals surface area (Å²) in [6, 6.07) is 18.8. The second-order valence-corrected chi connectivity index (χ2v) is 8.12. The lowest BCUT2D eigenvalue weighted by Crippen LogP contribution is -2.28. The third-order valence-corrected chi connectivity index (χ3v) is 5.50. The van der Waals surface area contributed by atoms with Crippen LogP contribution in [-0.4, -0.2) is 20.4 Å². The second kappa shape index (κ2) is 9.75. The van der Waals surface area contributed by atoms with Gasteiger partial charge in [-0.25, -0.2) is 9.97 Å². The van der Waals surface area contributed by atoms with E-state index in [0.717, 1.165) is 16.7 Å². The number of carbonyl (C=O) groups is 1. The van der Waals surface area contributed by atoms with Crippen molar-refractivity contribution < 1.29 is 4.79 Å². The molecule has 7 heteroatoms. The van der Waals surface area contributed by atoms with Crippen LogP contribution in [0.3, 0.4) is 0 Å². The number of hydrogen-bond acceptors (Lipinski definition) is 4. The summed E-state index contributed by atoms with van der Waals surface area (Å²) in [5.41, 5.74) is 3.36.